The zero-order chi connectivity index (χ0) is 16.4. The minimum atomic E-state index is -3.60. The van der Waals surface area contributed by atoms with Crippen LogP contribution in [0.25, 0.3) is 10.9 Å². The number of para-hydroxylation sites is 1. The molecule has 0 saturated carbocycles. The molecule has 0 spiro atoms. The van der Waals surface area contributed by atoms with Crippen LogP contribution >= 0.6 is 0 Å². The van der Waals surface area contributed by atoms with Gasteiger partial charge in [-0.25, -0.2) is 13.1 Å². The largest absolute Gasteiger partial charge is 0.497 e. The summed E-state index contributed by atoms with van der Waals surface area (Å²) in [6.45, 7) is 2.03. The molecule has 120 valence electrons. The predicted octanol–water partition coefficient (Wildman–Crippen LogP) is 2.96. The first-order valence-corrected chi connectivity index (χ1v) is 8.69. The molecule has 3 rings (SSSR count). The number of aromatic amines is 1. The Morgan fingerprint density at radius 1 is 1.09 bits per heavy atom. The monoisotopic (exact) mass is 330 g/mol. The van der Waals surface area contributed by atoms with Gasteiger partial charge in [-0.3, -0.25) is 0 Å². The molecule has 2 aromatic carbocycles. The molecule has 0 bridgehead atoms. The van der Waals surface area contributed by atoms with E-state index in [1.54, 1.807) is 26.2 Å². The van der Waals surface area contributed by atoms with Crippen LogP contribution in [0.2, 0.25) is 0 Å². The van der Waals surface area contributed by atoms with Crippen LogP contribution in [-0.4, -0.2) is 20.5 Å². The lowest BCUT2D eigenvalue weighted by atomic mass is 10.2. The number of benzene rings is 2. The molecule has 0 aliphatic carbocycles. The van der Waals surface area contributed by atoms with Crippen molar-refractivity contribution in [3.63, 3.8) is 0 Å². The van der Waals surface area contributed by atoms with Gasteiger partial charge < -0.3 is 9.72 Å². The smallest absolute Gasteiger partial charge is 0.256 e. The third-order valence-corrected chi connectivity index (χ3v) is 5.28. The van der Waals surface area contributed by atoms with Crippen molar-refractivity contribution in [1.82, 2.24) is 9.71 Å². The lowest BCUT2D eigenvalue weighted by Gasteiger charge is -2.07. The number of aromatic nitrogens is 1. The van der Waals surface area contributed by atoms with E-state index in [1.807, 2.05) is 36.4 Å². The Morgan fingerprint density at radius 3 is 2.43 bits per heavy atom. The van der Waals surface area contributed by atoms with E-state index in [0.717, 1.165) is 27.8 Å². The first-order valence-electron chi connectivity index (χ1n) is 7.21. The number of sulfonamides is 1. The van der Waals surface area contributed by atoms with Crippen molar-refractivity contribution in [3.8, 4) is 5.75 Å². The van der Waals surface area contributed by atoms with Gasteiger partial charge in [0, 0.05) is 17.4 Å². The molecule has 0 amide bonds. The van der Waals surface area contributed by atoms with Crippen LogP contribution in [0.15, 0.2) is 53.6 Å². The van der Waals surface area contributed by atoms with Crippen LogP contribution in [0.4, 0.5) is 0 Å². The Labute approximate surface area is 135 Å². The highest BCUT2D eigenvalue weighted by Gasteiger charge is 2.20. The second-order valence-corrected chi connectivity index (χ2v) is 7.00. The molecule has 6 heteroatoms. The Hall–Kier alpha value is -2.31. The zero-order valence-corrected chi connectivity index (χ0v) is 13.8. The van der Waals surface area contributed by atoms with Gasteiger partial charge in [0.25, 0.3) is 10.0 Å². The normalized spacial score (nSPS) is 11.7. The molecule has 1 aromatic heterocycles. The van der Waals surface area contributed by atoms with E-state index in [1.165, 1.54) is 0 Å². The van der Waals surface area contributed by atoms with Crippen molar-refractivity contribution < 1.29 is 13.2 Å². The van der Waals surface area contributed by atoms with Crippen molar-refractivity contribution in [2.75, 3.05) is 7.11 Å². The van der Waals surface area contributed by atoms with Gasteiger partial charge in [0.05, 0.1) is 7.11 Å². The highest BCUT2D eigenvalue weighted by Crippen LogP contribution is 2.24. The third-order valence-electron chi connectivity index (χ3n) is 3.81. The van der Waals surface area contributed by atoms with Crippen LogP contribution in [-0.2, 0) is 16.6 Å². The molecule has 0 aliphatic rings. The summed E-state index contributed by atoms with van der Waals surface area (Å²) < 4.78 is 32.8. The molecule has 0 atom stereocenters. The van der Waals surface area contributed by atoms with Crippen LogP contribution in [0.3, 0.4) is 0 Å². The van der Waals surface area contributed by atoms with Crippen molar-refractivity contribution in [2.45, 2.75) is 18.5 Å². The molecule has 23 heavy (non-hydrogen) atoms. The molecule has 0 aliphatic heterocycles. The Balaban J connectivity index is 1.84. The summed E-state index contributed by atoms with van der Waals surface area (Å²) in [6.07, 6.45) is 0. The fraction of sp³-hybridized carbons (Fsp3) is 0.176. The molecule has 1 heterocycles. The fourth-order valence-electron chi connectivity index (χ4n) is 2.52. The Morgan fingerprint density at radius 2 is 1.78 bits per heavy atom. The number of rotatable bonds is 5. The molecule has 0 saturated heterocycles. The zero-order valence-electron chi connectivity index (χ0n) is 13.0. The maximum absolute atomic E-state index is 12.6. The second kappa shape index (κ2) is 6.06. The lowest BCUT2D eigenvalue weighted by Crippen LogP contribution is -2.24. The summed E-state index contributed by atoms with van der Waals surface area (Å²) in [5, 5.41) is 1.13. The van der Waals surface area contributed by atoms with Crippen LogP contribution in [0, 0.1) is 6.92 Å². The number of hydrogen-bond acceptors (Lipinski definition) is 3. The maximum atomic E-state index is 12.6. The molecule has 0 radical (unpaired) electrons. The van der Waals surface area contributed by atoms with E-state index >= 15 is 0 Å². The Bertz CT molecular complexity index is 928. The van der Waals surface area contributed by atoms with E-state index in [-0.39, 0.29) is 11.6 Å². The minimum absolute atomic E-state index is 0.215. The quantitative estimate of drug-likeness (QED) is 0.755. The van der Waals surface area contributed by atoms with E-state index in [9.17, 15) is 8.42 Å². The van der Waals surface area contributed by atoms with E-state index in [0.29, 0.717) is 0 Å². The fourth-order valence-corrected chi connectivity index (χ4v) is 3.78. The summed E-state index contributed by atoms with van der Waals surface area (Å²) in [4.78, 5) is 2.99. The number of aryl methyl sites for hydroxylation is 1. The van der Waals surface area contributed by atoms with E-state index in [2.05, 4.69) is 9.71 Å². The number of hydrogen-bond donors (Lipinski definition) is 2. The van der Waals surface area contributed by atoms with Gasteiger partial charge >= 0.3 is 0 Å². The molecule has 3 aromatic rings. The topological polar surface area (TPSA) is 71.2 Å². The standard InChI is InChI=1S/C17H18N2O3S/c1-12-15-5-3-4-6-16(15)19-17(12)23(20,21)18-11-13-7-9-14(22-2)10-8-13/h3-10,18-19H,11H2,1-2H3. The SMILES string of the molecule is COc1ccc(CNS(=O)(=O)c2[nH]c3ccccc3c2C)cc1. The van der Waals surface area contributed by atoms with Crippen molar-refractivity contribution in [2.24, 2.45) is 0 Å². The first-order chi connectivity index (χ1) is 11.0. The van der Waals surface area contributed by atoms with Crippen LogP contribution in [0.5, 0.6) is 5.75 Å². The summed E-state index contributed by atoms with van der Waals surface area (Å²) in [7, 11) is -2.01. The molecule has 0 unspecified atom stereocenters. The van der Waals surface area contributed by atoms with Crippen molar-refractivity contribution >= 4 is 20.9 Å². The van der Waals surface area contributed by atoms with Gasteiger partial charge in [-0.2, -0.15) is 0 Å². The predicted molar refractivity (Wildman–Crippen MR) is 90.1 cm³/mol. The maximum Gasteiger partial charge on any atom is 0.256 e. The molecule has 5 nitrogen and oxygen atoms in total. The van der Waals surface area contributed by atoms with E-state index < -0.39 is 10.0 Å². The number of H-pyrrole nitrogens is 1. The average Bonchev–Trinajstić information content (AvgIpc) is 2.92. The van der Waals surface area contributed by atoms with Gasteiger partial charge in [-0.15, -0.1) is 0 Å². The van der Waals surface area contributed by atoms with Crippen LogP contribution < -0.4 is 9.46 Å². The Kier molecular flexibility index (Phi) is 4.11. The van der Waals surface area contributed by atoms with Gasteiger partial charge in [-0.05, 0) is 36.2 Å². The van der Waals surface area contributed by atoms with Crippen LogP contribution in [0.1, 0.15) is 11.1 Å². The number of nitrogens with one attached hydrogen (secondary N) is 2. The first kappa shape index (κ1) is 15.6. The van der Waals surface area contributed by atoms with Gasteiger partial charge in [-0.1, -0.05) is 30.3 Å². The number of ether oxygens (including phenoxy) is 1. The molecule has 2 N–H and O–H groups in total. The van der Waals surface area contributed by atoms with E-state index in [4.69, 9.17) is 4.74 Å². The summed E-state index contributed by atoms with van der Waals surface area (Å²) >= 11 is 0. The summed E-state index contributed by atoms with van der Waals surface area (Å²) in [5.41, 5.74) is 2.40. The highest BCUT2D eigenvalue weighted by molar-refractivity contribution is 7.89. The highest BCUT2D eigenvalue weighted by atomic mass is 32.2. The van der Waals surface area contributed by atoms with Gasteiger partial charge in [0.1, 0.15) is 5.75 Å². The van der Waals surface area contributed by atoms with Gasteiger partial charge in [0.2, 0.25) is 0 Å². The number of methoxy groups -OCH3 is 1. The molecular weight excluding hydrogens is 312 g/mol. The third kappa shape index (κ3) is 3.09. The minimum Gasteiger partial charge on any atom is -0.497 e. The second-order valence-electron chi connectivity index (χ2n) is 5.30. The van der Waals surface area contributed by atoms with Crippen molar-refractivity contribution in [3.05, 3.63) is 59.7 Å². The van der Waals surface area contributed by atoms with Crippen molar-refractivity contribution in [1.29, 1.82) is 0 Å². The lowest BCUT2D eigenvalue weighted by molar-refractivity contribution is 0.414. The number of fused-ring (bicyclic) bond motifs is 1. The summed E-state index contributed by atoms with van der Waals surface area (Å²) in [6, 6.07) is 14.8. The summed E-state index contributed by atoms with van der Waals surface area (Å²) in [5.74, 6) is 0.739. The van der Waals surface area contributed by atoms with Gasteiger partial charge in [0.15, 0.2) is 5.03 Å². The molecular formula is C17H18N2O3S. The molecule has 0 fully saturated rings. The average molecular weight is 330 g/mol.